The number of rotatable bonds is 4. The first-order chi connectivity index (χ1) is 9.60. The van der Waals surface area contributed by atoms with E-state index in [2.05, 4.69) is 5.32 Å². The fourth-order valence-corrected chi connectivity index (χ4v) is 1.98. The van der Waals surface area contributed by atoms with Crippen molar-refractivity contribution in [2.24, 2.45) is 0 Å². The van der Waals surface area contributed by atoms with Crippen LogP contribution in [0.4, 0.5) is 5.69 Å². The number of carbonyl (C=O) groups excluding carboxylic acids is 1. The number of aliphatic hydroxyl groups is 1. The second kappa shape index (κ2) is 6.21. The van der Waals surface area contributed by atoms with Gasteiger partial charge in [0.05, 0.1) is 12.2 Å². The summed E-state index contributed by atoms with van der Waals surface area (Å²) in [6.45, 7) is 2.31. The Morgan fingerprint density at radius 1 is 1.20 bits per heavy atom. The van der Waals surface area contributed by atoms with E-state index < -0.39 is 0 Å². The van der Waals surface area contributed by atoms with Crippen molar-refractivity contribution in [3.8, 4) is 0 Å². The van der Waals surface area contributed by atoms with Crippen molar-refractivity contribution in [2.75, 3.05) is 5.73 Å². The van der Waals surface area contributed by atoms with Crippen LogP contribution in [-0.2, 0) is 13.2 Å². The molecular weight excluding hydrogens is 252 g/mol. The van der Waals surface area contributed by atoms with Gasteiger partial charge < -0.3 is 16.2 Å². The summed E-state index contributed by atoms with van der Waals surface area (Å²) in [6, 6.07) is 12.8. The standard InChI is InChI=1S/C16H18N2O2/c1-11-5-6-15(17)14(7-11)16(20)18-9-12-3-2-4-13(8-12)10-19/h2-8,19H,9-10,17H2,1H3,(H,18,20). The van der Waals surface area contributed by atoms with Crippen molar-refractivity contribution in [3.05, 3.63) is 64.7 Å². The molecule has 0 aromatic heterocycles. The van der Waals surface area contributed by atoms with Gasteiger partial charge in [-0.05, 0) is 30.2 Å². The highest BCUT2D eigenvalue weighted by atomic mass is 16.3. The van der Waals surface area contributed by atoms with Crippen molar-refractivity contribution in [1.29, 1.82) is 0 Å². The monoisotopic (exact) mass is 270 g/mol. The number of hydrogen-bond donors (Lipinski definition) is 3. The van der Waals surface area contributed by atoms with Crippen LogP contribution in [0.1, 0.15) is 27.0 Å². The molecule has 0 spiro atoms. The number of hydrogen-bond acceptors (Lipinski definition) is 3. The van der Waals surface area contributed by atoms with Crippen LogP contribution >= 0.6 is 0 Å². The summed E-state index contributed by atoms with van der Waals surface area (Å²) >= 11 is 0. The molecule has 2 aromatic carbocycles. The lowest BCUT2D eigenvalue weighted by Crippen LogP contribution is -2.24. The number of aliphatic hydroxyl groups excluding tert-OH is 1. The Balaban J connectivity index is 2.06. The smallest absolute Gasteiger partial charge is 0.253 e. The molecule has 4 N–H and O–H groups in total. The molecule has 0 bridgehead atoms. The minimum atomic E-state index is -0.194. The fourth-order valence-electron chi connectivity index (χ4n) is 1.98. The predicted octanol–water partition coefficient (Wildman–Crippen LogP) is 2.00. The normalized spacial score (nSPS) is 10.3. The lowest BCUT2D eigenvalue weighted by atomic mass is 10.1. The highest BCUT2D eigenvalue weighted by molar-refractivity contribution is 5.99. The van der Waals surface area contributed by atoms with Crippen LogP contribution < -0.4 is 11.1 Å². The molecule has 4 nitrogen and oxygen atoms in total. The number of carbonyl (C=O) groups is 1. The number of aryl methyl sites for hydroxylation is 1. The second-order valence-corrected chi connectivity index (χ2v) is 4.75. The van der Waals surface area contributed by atoms with E-state index in [-0.39, 0.29) is 12.5 Å². The van der Waals surface area contributed by atoms with Gasteiger partial charge in [0.15, 0.2) is 0 Å². The molecule has 0 atom stereocenters. The Morgan fingerprint density at radius 3 is 2.70 bits per heavy atom. The summed E-state index contributed by atoms with van der Waals surface area (Å²) in [5.74, 6) is -0.194. The molecule has 2 rings (SSSR count). The number of nitrogen functional groups attached to an aromatic ring is 1. The van der Waals surface area contributed by atoms with Crippen molar-refractivity contribution < 1.29 is 9.90 Å². The zero-order valence-electron chi connectivity index (χ0n) is 11.4. The van der Waals surface area contributed by atoms with Crippen LogP contribution in [-0.4, -0.2) is 11.0 Å². The number of nitrogens with one attached hydrogen (secondary N) is 1. The molecule has 0 saturated carbocycles. The van der Waals surface area contributed by atoms with Gasteiger partial charge in [0.1, 0.15) is 0 Å². The molecule has 20 heavy (non-hydrogen) atoms. The highest BCUT2D eigenvalue weighted by Gasteiger charge is 2.09. The molecular formula is C16H18N2O2. The van der Waals surface area contributed by atoms with Crippen molar-refractivity contribution in [1.82, 2.24) is 5.32 Å². The third kappa shape index (κ3) is 3.36. The van der Waals surface area contributed by atoms with E-state index in [4.69, 9.17) is 10.8 Å². The van der Waals surface area contributed by atoms with E-state index in [9.17, 15) is 4.79 Å². The van der Waals surface area contributed by atoms with Gasteiger partial charge in [0.25, 0.3) is 5.91 Å². The predicted molar refractivity (Wildman–Crippen MR) is 79.1 cm³/mol. The topological polar surface area (TPSA) is 75.4 Å². The van der Waals surface area contributed by atoms with E-state index in [1.807, 2.05) is 37.3 Å². The quantitative estimate of drug-likeness (QED) is 0.744. The van der Waals surface area contributed by atoms with Gasteiger partial charge in [-0.25, -0.2) is 0 Å². The Kier molecular flexibility index (Phi) is 4.38. The van der Waals surface area contributed by atoms with Gasteiger partial charge in [-0.1, -0.05) is 35.9 Å². The zero-order chi connectivity index (χ0) is 14.5. The summed E-state index contributed by atoms with van der Waals surface area (Å²) in [7, 11) is 0. The van der Waals surface area contributed by atoms with E-state index in [0.717, 1.165) is 16.7 Å². The Hall–Kier alpha value is -2.33. The molecule has 0 radical (unpaired) electrons. The number of benzene rings is 2. The van der Waals surface area contributed by atoms with Crippen LogP contribution in [0.2, 0.25) is 0 Å². The van der Waals surface area contributed by atoms with E-state index in [0.29, 0.717) is 17.8 Å². The first kappa shape index (κ1) is 14.1. The SMILES string of the molecule is Cc1ccc(N)c(C(=O)NCc2cccc(CO)c2)c1. The van der Waals surface area contributed by atoms with Gasteiger partial charge >= 0.3 is 0 Å². The largest absolute Gasteiger partial charge is 0.398 e. The summed E-state index contributed by atoms with van der Waals surface area (Å²) < 4.78 is 0. The van der Waals surface area contributed by atoms with Crippen molar-refractivity contribution in [3.63, 3.8) is 0 Å². The Morgan fingerprint density at radius 2 is 1.95 bits per heavy atom. The summed E-state index contributed by atoms with van der Waals surface area (Å²) in [5.41, 5.74) is 9.53. The molecule has 2 aromatic rings. The van der Waals surface area contributed by atoms with Crippen LogP contribution in [0.5, 0.6) is 0 Å². The Bertz CT molecular complexity index is 624. The molecule has 1 amide bonds. The Labute approximate surface area is 118 Å². The summed E-state index contributed by atoms with van der Waals surface area (Å²) in [5, 5.41) is 11.9. The molecule has 104 valence electrons. The molecule has 0 saturated heterocycles. The van der Waals surface area contributed by atoms with Gasteiger partial charge in [-0.3, -0.25) is 4.79 Å². The fraction of sp³-hybridized carbons (Fsp3) is 0.188. The minimum absolute atomic E-state index is 0.00733. The van der Waals surface area contributed by atoms with Gasteiger partial charge in [0, 0.05) is 12.2 Å². The maximum atomic E-state index is 12.1. The van der Waals surface area contributed by atoms with Gasteiger partial charge in [-0.2, -0.15) is 0 Å². The molecule has 4 heteroatoms. The van der Waals surface area contributed by atoms with Gasteiger partial charge in [0.2, 0.25) is 0 Å². The van der Waals surface area contributed by atoms with E-state index in [1.165, 1.54) is 0 Å². The van der Waals surface area contributed by atoms with Crippen LogP contribution in [0.25, 0.3) is 0 Å². The number of amides is 1. The first-order valence-electron chi connectivity index (χ1n) is 6.43. The molecule has 0 aliphatic carbocycles. The van der Waals surface area contributed by atoms with Crippen LogP contribution in [0, 0.1) is 6.92 Å². The van der Waals surface area contributed by atoms with E-state index in [1.54, 1.807) is 12.1 Å². The van der Waals surface area contributed by atoms with E-state index >= 15 is 0 Å². The van der Waals surface area contributed by atoms with Crippen molar-refractivity contribution in [2.45, 2.75) is 20.1 Å². The van der Waals surface area contributed by atoms with Crippen molar-refractivity contribution >= 4 is 11.6 Å². The average Bonchev–Trinajstić information content (AvgIpc) is 2.47. The third-order valence-electron chi connectivity index (χ3n) is 3.08. The third-order valence-corrected chi connectivity index (χ3v) is 3.08. The maximum Gasteiger partial charge on any atom is 0.253 e. The lowest BCUT2D eigenvalue weighted by molar-refractivity contribution is 0.0951. The minimum Gasteiger partial charge on any atom is -0.398 e. The zero-order valence-corrected chi connectivity index (χ0v) is 11.4. The first-order valence-corrected chi connectivity index (χ1v) is 6.43. The molecule has 0 heterocycles. The lowest BCUT2D eigenvalue weighted by Gasteiger charge is -2.09. The van der Waals surface area contributed by atoms with Crippen LogP contribution in [0.3, 0.4) is 0 Å². The molecule has 0 aliphatic heterocycles. The summed E-state index contributed by atoms with van der Waals surface area (Å²) in [6.07, 6.45) is 0. The number of nitrogens with two attached hydrogens (primary N) is 1. The average molecular weight is 270 g/mol. The molecule has 0 aliphatic rings. The molecule has 0 fully saturated rings. The maximum absolute atomic E-state index is 12.1. The highest BCUT2D eigenvalue weighted by Crippen LogP contribution is 2.14. The molecule has 0 unspecified atom stereocenters. The second-order valence-electron chi connectivity index (χ2n) is 4.75. The summed E-state index contributed by atoms with van der Waals surface area (Å²) in [4.78, 5) is 12.1. The van der Waals surface area contributed by atoms with Crippen LogP contribution in [0.15, 0.2) is 42.5 Å². The van der Waals surface area contributed by atoms with Gasteiger partial charge in [-0.15, -0.1) is 0 Å². The number of anilines is 1.